The molecule has 9 heteroatoms. The molecule has 7 nitrogen and oxygen atoms in total. The monoisotopic (exact) mass is 413 g/mol. The zero-order chi connectivity index (χ0) is 21.5. The number of benzene rings is 2. The van der Waals surface area contributed by atoms with Gasteiger partial charge in [-0.3, -0.25) is 9.59 Å². The number of ether oxygens (including phenoxy) is 2. The predicted molar refractivity (Wildman–Crippen MR) is 104 cm³/mol. The number of rotatable bonds is 4. The number of halogens is 2. The molecule has 0 fully saturated rings. The zero-order valence-electron chi connectivity index (χ0n) is 16.1. The Kier molecular flexibility index (Phi) is 4.73. The van der Waals surface area contributed by atoms with E-state index in [-0.39, 0.29) is 12.5 Å². The quantitative estimate of drug-likeness (QED) is 0.710. The predicted octanol–water partition coefficient (Wildman–Crippen LogP) is 3.29. The first-order valence-electron chi connectivity index (χ1n) is 9.03. The molecule has 1 aliphatic heterocycles. The minimum atomic E-state index is -1.47. The lowest BCUT2D eigenvalue weighted by Crippen LogP contribution is -2.47. The summed E-state index contributed by atoms with van der Waals surface area (Å²) in [5.41, 5.74) is -1.09. The number of carbonyl (C=O) groups excluding carboxylic acids is 1. The highest BCUT2D eigenvalue weighted by Gasteiger charge is 2.33. The highest BCUT2D eigenvalue weighted by molar-refractivity contribution is 5.96. The van der Waals surface area contributed by atoms with Gasteiger partial charge in [-0.25, -0.2) is 13.5 Å². The Balaban J connectivity index is 1.67. The lowest BCUT2D eigenvalue weighted by molar-refractivity contribution is -0.123. The maximum atomic E-state index is 13.9. The van der Waals surface area contributed by atoms with Crippen LogP contribution in [0.1, 0.15) is 13.8 Å². The molecule has 30 heavy (non-hydrogen) atoms. The Morgan fingerprint density at radius 2 is 1.83 bits per heavy atom. The number of fused-ring (bicyclic) bond motifs is 1. The van der Waals surface area contributed by atoms with Crippen molar-refractivity contribution in [3.8, 4) is 22.8 Å². The van der Waals surface area contributed by atoms with Crippen molar-refractivity contribution in [3.63, 3.8) is 0 Å². The molecule has 0 spiro atoms. The molecular formula is C21H17F2N3O4. The van der Waals surface area contributed by atoms with Crippen molar-refractivity contribution in [2.45, 2.75) is 19.4 Å². The van der Waals surface area contributed by atoms with Gasteiger partial charge >= 0.3 is 0 Å². The molecule has 3 aromatic rings. The molecule has 0 atom stereocenters. The van der Waals surface area contributed by atoms with Crippen LogP contribution in [0, 0.1) is 11.6 Å². The number of anilines is 1. The first-order valence-corrected chi connectivity index (χ1v) is 9.03. The summed E-state index contributed by atoms with van der Waals surface area (Å²) in [5.74, 6) is -1.22. The van der Waals surface area contributed by atoms with Crippen LogP contribution in [0.5, 0.6) is 11.5 Å². The molecule has 0 bridgehead atoms. The smallest absolute Gasteiger partial charge is 0.267 e. The average Bonchev–Trinajstić information content (AvgIpc) is 3.18. The summed E-state index contributed by atoms with van der Waals surface area (Å²) in [7, 11) is 0. The van der Waals surface area contributed by atoms with Crippen LogP contribution in [0.2, 0.25) is 0 Å². The molecule has 0 radical (unpaired) electrons. The minimum absolute atomic E-state index is 0.124. The number of nitrogens with one attached hydrogen (secondary N) is 1. The fourth-order valence-corrected chi connectivity index (χ4v) is 2.98. The highest BCUT2D eigenvalue weighted by atomic mass is 19.1. The second kappa shape index (κ2) is 7.25. The minimum Gasteiger partial charge on any atom is -0.454 e. The van der Waals surface area contributed by atoms with Crippen molar-refractivity contribution in [3.05, 3.63) is 70.5 Å². The Morgan fingerprint density at radius 3 is 2.60 bits per heavy atom. The van der Waals surface area contributed by atoms with E-state index in [2.05, 4.69) is 10.4 Å². The van der Waals surface area contributed by atoms with Crippen molar-refractivity contribution in [2.24, 2.45) is 0 Å². The molecule has 154 valence electrons. The summed E-state index contributed by atoms with van der Waals surface area (Å²) < 4.78 is 38.7. The first kappa shape index (κ1) is 19.6. The number of aromatic nitrogens is 2. The van der Waals surface area contributed by atoms with Gasteiger partial charge in [0.05, 0.1) is 11.4 Å². The molecule has 1 aliphatic rings. The highest BCUT2D eigenvalue weighted by Crippen LogP contribution is 2.35. The fraction of sp³-hybridized carbons (Fsp3) is 0.190. The van der Waals surface area contributed by atoms with Gasteiger partial charge in [0.25, 0.3) is 11.5 Å². The van der Waals surface area contributed by atoms with E-state index < -0.39 is 28.6 Å². The van der Waals surface area contributed by atoms with Crippen molar-refractivity contribution in [1.29, 1.82) is 0 Å². The Labute approximate surface area is 169 Å². The summed E-state index contributed by atoms with van der Waals surface area (Å²) in [6.07, 6.45) is 0. The molecule has 0 saturated heterocycles. The number of amides is 1. The molecular weight excluding hydrogens is 396 g/mol. The standard InChI is InChI=1S/C21H17F2N3O4/c1-21(2,20(28)24-16-5-4-13(22)10-14(16)23)26-19(27)8-6-15(25-26)12-3-7-17-18(9-12)30-11-29-17/h3-10H,11H2,1-2H3,(H,24,28). The van der Waals surface area contributed by atoms with Crippen LogP contribution in [-0.2, 0) is 10.3 Å². The molecule has 1 amide bonds. The third kappa shape index (κ3) is 3.49. The van der Waals surface area contributed by atoms with Gasteiger partial charge in [0, 0.05) is 17.7 Å². The molecule has 0 aliphatic carbocycles. The van der Waals surface area contributed by atoms with Gasteiger partial charge in [-0.05, 0) is 50.2 Å². The average molecular weight is 413 g/mol. The van der Waals surface area contributed by atoms with Crippen LogP contribution in [0.25, 0.3) is 11.3 Å². The Bertz CT molecular complexity index is 1210. The SMILES string of the molecule is CC(C)(C(=O)Nc1ccc(F)cc1F)n1nc(-c2ccc3c(c2)OCO3)ccc1=O. The summed E-state index contributed by atoms with van der Waals surface area (Å²) in [4.78, 5) is 25.3. The van der Waals surface area contributed by atoms with Gasteiger partial charge in [0.1, 0.15) is 17.2 Å². The molecule has 0 saturated carbocycles. The second-order valence-corrected chi connectivity index (χ2v) is 7.17. The van der Waals surface area contributed by atoms with Crippen molar-refractivity contribution < 1.29 is 23.0 Å². The molecule has 2 heterocycles. The van der Waals surface area contributed by atoms with Crippen LogP contribution in [0.3, 0.4) is 0 Å². The summed E-state index contributed by atoms with van der Waals surface area (Å²) in [5, 5.41) is 6.71. The maximum Gasteiger partial charge on any atom is 0.267 e. The van der Waals surface area contributed by atoms with Crippen LogP contribution >= 0.6 is 0 Å². The number of hydrogen-bond donors (Lipinski definition) is 1. The van der Waals surface area contributed by atoms with Crippen LogP contribution < -0.4 is 20.3 Å². The molecule has 1 N–H and O–H groups in total. The van der Waals surface area contributed by atoms with Gasteiger partial charge in [-0.15, -0.1) is 0 Å². The molecule has 0 unspecified atom stereocenters. The summed E-state index contributed by atoms with van der Waals surface area (Å²) in [6, 6.07) is 10.8. The van der Waals surface area contributed by atoms with Crippen LogP contribution in [0.4, 0.5) is 14.5 Å². The molecule has 2 aromatic carbocycles. The van der Waals surface area contributed by atoms with Gasteiger partial charge in [-0.2, -0.15) is 5.10 Å². The van der Waals surface area contributed by atoms with E-state index in [1.807, 2.05) is 0 Å². The van der Waals surface area contributed by atoms with Crippen molar-refractivity contribution in [1.82, 2.24) is 9.78 Å². The van der Waals surface area contributed by atoms with E-state index in [1.165, 1.54) is 26.0 Å². The molecule has 4 rings (SSSR count). The lowest BCUT2D eigenvalue weighted by atomic mass is 10.0. The van der Waals surface area contributed by atoms with E-state index in [1.54, 1.807) is 18.2 Å². The van der Waals surface area contributed by atoms with E-state index in [0.717, 1.165) is 16.8 Å². The van der Waals surface area contributed by atoms with E-state index >= 15 is 0 Å². The summed E-state index contributed by atoms with van der Waals surface area (Å²) >= 11 is 0. The number of nitrogens with zero attached hydrogens (tertiary/aromatic N) is 2. The van der Waals surface area contributed by atoms with Gasteiger partial charge < -0.3 is 14.8 Å². The van der Waals surface area contributed by atoms with Gasteiger partial charge in [0.15, 0.2) is 11.5 Å². The van der Waals surface area contributed by atoms with Crippen molar-refractivity contribution >= 4 is 11.6 Å². The fourth-order valence-electron chi connectivity index (χ4n) is 2.98. The normalized spacial score (nSPS) is 12.7. The third-order valence-electron chi connectivity index (χ3n) is 4.73. The van der Waals surface area contributed by atoms with E-state index in [0.29, 0.717) is 28.8 Å². The zero-order valence-corrected chi connectivity index (χ0v) is 16.1. The Morgan fingerprint density at radius 1 is 1.07 bits per heavy atom. The van der Waals surface area contributed by atoms with E-state index in [4.69, 9.17) is 9.47 Å². The third-order valence-corrected chi connectivity index (χ3v) is 4.73. The molecule has 1 aromatic heterocycles. The van der Waals surface area contributed by atoms with Gasteiger partial charge in [0.2, 0.25) is 6.79 Å². The van der Waals surface area contributed by atoms with Crippen LogP contribution in [0.15, 0.2) is 53.3 Å². The Hall–Kier alpha value is -3.75. The second-order valence-electron chi connectivity index (χ2n) is 7.17. The first-order chi connectivity index (χ1) is 14.3. The van der Waals surface area contributed by atoms with E-state index in [9.17, 15) is 18.4 Å². The number of carbonyl (C=O) groups is 1. The van der Waals surface area contributed by atoms with Gasteiger partial charge in [-0.1, -0.05) is 0 Å². The lowest BCUT2D eigenvalue weighted by Gasteiger charge is -2.25. The number of hydrogen-bond acceptors (Lipinski definition) is 5. The van der Waals surface area contributed by atoms with Crippen LogP contribution in [-0.4, -0.2) is 22.5 Å². The van der Waals surface area contributed by atoms with Crippen molar-refractivity contribution in [2.75, 3.05) is 12.1 Å². The summed E-state index contributed by atoms with van der Waals surface area (Å²) in [6.45, 7) is 3.07. The largest absolute Gasteiger partial charge is 0.454 e. The topological polar surface area (TPSA) is 82.5 Å². The maximum absolute atomic E-state index is 13.9.